The second kappa shape index (κ2) is 21.7. The summed E-state index contributed by atoms with van der Waals surface area (Å²) >= 11 is 0. The van der Waals surface area contributed by atoms with E-state index in [1.807, 2.05) is 19.9 Å². The van der Waals surface area contributed by atoms with Gasteiger partial charge in [0, 0.05) is 31.0 Å². The predicted octanol–water partition coefficient (Wildman–Crippen LogP) is 7.41. The SMILES string of the molecule is C=C/C=C(\C)CNC(=O)N(CC)C(=O)C1CCCC(N(CCCC)CCCc2ccccc2)CC1.NC(=O)C1CCCCC1. The van der Waals surface area contributed by atoms with Gasteiger partial charge in [0.15, 0.2) is 0 Å². The number of aryl methyl sites for hydroxylation is 1. The average molecular weight is 609 g/mol. The van der Waals surface area contributed by atoms with Gasteiger partial charge in [-0.1, -0.05) is 93.7 Å². The van der Waals surface area contributed by atoms with Gasteiger partial charge in [-0.3, -0.25) is 14.5 Å². The Balaban J connectivity index is 0.000000639. The van der Waals surface area contributed by atoms with Gasteiger partial charge < -0.3 is 16.0 Å². The highest BCUT2D eigenvalue weighted by atomic mass is 16.2. The van der Waals surface area contributed by atoms with E-state index < -0.39 is 0 Å². The van der Waals surface area contributed by atoms with Crippen LogP contribution in [-0.4, -0.2) is 59.9 Å². The van der Waals surface area contributed by atoms with Gasteiger partial charge in [-0.25, -0.2) is 4.79 Å². The zero-order chi connectivity index (χ0) is 32.2. The number of urea groups is 1. The van der Waals surface area contributed by atoms with Crippen molar-refractivity contribution >= 4 is 17.8 Å². The van der Waals surface area contributed by atoms with Crippen LogP contribution in [0.4, 0.5) is 4.79 Å². The molecule has 0 spiro atoms. The highest BCUT2D eigenvalue weighted by Crippen LogP contribution is 2.28. The number of unbranched alkanes of at least 4 members (excludes halogenated alkanes) is 1. The zero-order valence-corrected chi connectivity index (χ0v) is 27.9. The molecule has 2 aliphatic rings. The lowest BCUT2D eigenvalue weighted by atomic mass is 9.89. The second-order valence-electron chi connectivity index (χ2n) is 12.6. The number of imide groups is 1. The fourth-order valence-corrected chi connectivity index (χ4v) is 6.44. The summed E-state index contributed by atoms with van der Waals surface area (Å²) in [5.74, 6) is 0.0153. The van der Waals surface area contributed by atoms with Crippen molar-refractivity contribution < 1.29 is 14.4 Å². The highest BCUT2D eigenvalue weighted by Gasteiger charge is 2.31. The Morgan fingerprint density at radius 2 is 1.59 bits per heavy atom. The highest BCUT2D eigenvalue weighted by molar-refractivity contribution is 5.95. The minimum absolute atomic E-state index is 0.0137. The summed E-state index contributed by atoms with van der Waals surface area (Å²) in [4.78, 5) is 40.7. The number of carbonyl (C=O) groups is 3. The molecule has 4 amide bonds. The average Bonchev–Trinajstić information content (AvgIpc) is 3.30. The van der Waals surface area contributed by atoms with E-state index in [9.17, 15) is 14.4 Å². The Kier molecular flexibility index (Phi) is 18.4. The first-order valence-corrected chi connectivity index (χ1v) is 17.2. The largest absolute Gasteiger partial charge is 0.369 e. The van der Waals surface area contributed by atoms with Crippen molar-refractivity contribution in [2.24, 2.45) is 17.6 Å². The molecule has 246 valence electrons. The van der Waals surface area contributed by atoms with E-state index in [0.29, 0.717) is 19.1 Å². The molecule has 0 radical (unpaired) electrons. The Morgan fingerprint density at radius 3 is 2.20 bits per heavy atom. The number of amides is 4. The van der Waals surface area contributed by atoms with E-state index in [1.54, 1.807) is 6.08 Å². The van der Waals surface area contributed by atoms with E-state index >= 15 is 0 Å². The van der Waals surface area contributed by atoms with Crippen LogP contribution < -0.4 is 11.1 Å². The standard InChI is InChI=1S/C30H47N3O2.C7H13NO/c1-5-8-22-32(23-13-17-26-15-10-9-11-16-26)28-19-12-18-27(20-21-28)29(34)33(7-3)30(35)31-24-25(4)14-6-2;8-7(9)6-4-2-1-3-5-6/h6,9-11,14-16,27-28H,2,5,7-8,12-13,17-24H2,1,3-4H3,(H,31,35);6H,1-5H2,(H2,8,9)/b25-14+;. The molecule has 2 saturated carbocycles. The van der Waals surface area contributed by atoms with E-state index in [-0.39, 0.29) is 29.7 Å². The number of carbonyl (C=O) groups excluding carboxylic acids is 3. The lowest BCUT2D eigenvalue weighted by Crippen LogP contribution is -2.46. The molecule has 0 aromatic heterocycles. The van der Waals surface area contributed by atoms with Crippen LogP contribution in [0.2, 0.25) is 0 Å². The quantitative estimate of drug-likeness (QED) is 0.170. The fourth-order valence-electron chi connectivity index (χ4n) is 6.44. The van der Waals surface area contributed by atoms with Crippen molar-refractivity contribution in [1.82, 2.24) is 15.1 Å². The summed E-state index contributed by atoms with van der Waals surface area (Å²) < 4.78 is 0. The van der Waals surface area contributed by atoms with Gasteiger partial charge in [-0.2, -0.15) is 0 Å². The molecule has 2 aliphatic carbocycles. The van der Waals surface area contributed by atoms with Crippen molar-refractivity contribution in [3.63, 3.8) is 0 Å². The third-order valence-corrected chi connectivity index (χ3v) is 9.11. The lowest BCUT2D eigenvalue weighted by molar-refractivity contribution is -0.132. The van der Waals surface area contributed by atoms with Crippen LogP contribution >= 0.6 is 0 Å². The molecular weight excluding hydrogens is 548 g/mol. The lowest BCUT2D eigenvalue weighted by Gasteiger charge is -2.31. The van der Waals surface area contributed by atoms with E-state index in [1.165, 1.54) is 42.6 Å². The molecule has 2 unspecified atom stereocenters. The van der Waals surface area contributed by atoms with Crippen molar-refractivity contribution in [3.8, 4) is 0 Å². The Bertz CT molecular complexity index is 1020. The Morgan fingerprint density at radius 1 is 0.909 bits per heavy atom. The number of hydrogen-bond acceptors (Lipinski definition) is 4. The summed E-state index contributed by atoms with van der Waals surface area (Å²) in [6, 6.07) is 11.0. The molecular formula is C37H60N4O3. The van der Waals surface area contributed by atoms with Crippen LogP contribution in [0.3, 0.4) is 0 Å². The first-order valence-electron chi connectivity index (χ1n) is 17.2. The van der Waals surface area contributed by atoms with Gasteiger partial charge in [0.1, 0.15) is 0 Å². The van der Waals surface area contributed by atoms with Crippen LogP contribution in [0.15, 0.2) is 54.6 Å². The molecule has 2 atom stereocenters. The molecule has 1 aromatic rings. The van der Waals surface area contributed by atoms with Crippen LogP contribution in [0.25, 0.3) is 0 Å². The van der Waals surface area contributed by atoms with Crippen molar-refractivity contribution in [2.75, 3.05) is 26.2 Å². The topological polar surface area (TPSA) is 95.7 Å². The van der Waals surface area contributed by atoms with Gasteiger partial charge in [0.2, 0.25) is 11.8 Å². The molecule has 0 aliphatic heterocycles. The zero-order valence-electron chi connectivity index (χ0n) is 27.9. The molecule has 0 bridgehead atoms. The number of nitrogens with zero attached hydrogens (tertiary/aromatic N) is 2. The van der Waals surface area contributed by atoms with Crippen LogP contribution in [0.1, 0.15) is 110 Å². The van der Waals surface area contributed by atoms with E-state index in [0.717, 1.165) is 76.5 Å². The van der Waals surface area contributed by atoms with Crippen LogP contribution in [-0.2, 0) is 16.0 Å². The monoisotopic (exact) mass is 608 g/mol. The molecule has 7 nitrogen and oxygen atoms in total. The smallest absolute Gasteiger partial charge is 0.324 e. The molecule has 44 heavy (non-hydrogen) atoms. The minimum Gasteiger partial charge on any atom is -0.369 e. The number of hydrogen-bond donors (Lipinski definition) is 2. The molecule has 0 saturated heterocycles. The van der Waals surface area contributed by atoms with Gasteiger partial charge in [-0.15, -0.1) is 0 Å². The summed E-state index contributed by atoms with van der Waals surface area (Å²) in [5, 5.41) is 2.88. The fraction of sp³-hybridized carbons (Fsp3) is 0.649. The van der Waals surface area contributed by atoms with E-state index in [4.69, 9.17) is 5.73 Å². The number of primary amides is 1. The van der Waals surface area contributed by atoms with Crippen LogP contribution in [0, 0.1) is 11.8 Å². The molecule has 2 fully saturated rings. The van der Waals surface area contributed by atoms with Gasteiger partial charge >= 0.3 is 6.03 Å². The van der Waals surface area contributed by atoms with E-state index in [2.05, 4.69) is 54.1 Å². The summed E-state index contributed by atoms with van der Waals surface area (Å²) in [6.07, 6.45) is 18.9. The molecule has 0 heterocycles. The number of nitrogens with two attached hydrogens (primary N) is 1. The maximum absolute atomic E-state index is 13.3. The first kappa shape index (κ1) is 37.3. The molecule has 7 heteroatoms. The number of benzene rings is 1. The summed E-state index contributed by atoms with van der Waals surface area (Å²) in [6.45, 7) is 12.8. The maximum atomic E-state index is 13.3. The normalized spacial score (nSPS) is 19.3. The Labute approximate surface area is 267 Å². The third-order valence-electron chi connectivity index (χ3n) is 9.11. The van der Waals surface area contributed by atoms with Crippen LogP contribution in [0.5, 0.6) is 0 Å². The molecule has 3 rings (SSSR count). The maximum Gasteiger partial charge on any atom is 0.324 e. The summed E-state index contributed by atoms with van der Waals surface area (Å²) in [5.41, 5.74) is 7.54. The first-order chi connectivity index (χ1) is 21.3. The van der Waals surface area contributed by atoms with Crippen molar-refractivity contribution in [2.45, 2.75) is 117 Å². The number of nitrogens with one attached hydrogen (secondary N) is 1. The second-order valence-corrected chi connectivity index (χ2v) is 12.6. The Hall–Kier alpha value is -2.93. The third kappa shape index (κ3) is 13.8. The minimum atomic E-state index is -0.291. The van der Waals surface area contributed by atoms with Crippen molar-refractivity contribution in [3.05, 3.63) is 60.2 Å². The van der Waals surface area contributed by atoms with Gasteiger partial charge in [0.25, 0.3) is 0 Å². The molecule has 1 aromatic carbocycles. The molecule has 3 N–H and O–H groups in total. The van der Waals surface area contributed by atoms with Crippen molar-refractivity contribution in [1.29, 1.82) is 0 Å². The number of allylic oxidation sites excluding steroid dienone is 2. The van der Waals surface area contributed by atoms with Gasteiger partial charge in [0.05, 0.1) is 0 Å². The van der Waals surface area contributed by atoms with Gasteiger partial charge in [-0.05, 0) is 90.3 Å². The summed E-state index contributed by atoms with van der Waals surface area (Å²) in [7, 11) is 0. The predicted molar refractivity (Wildman–Crippen MR) is 182 cm³/mol. The number of rotatable bonds is 14.